The minimum Gasteiger partial charge on any atom is -0.490 e. The fourth-order valence-corrected chi connectivity index (χ4v) is 3.28. The number of nitrogens with zero attached hydrogens (tertiary/aromatic N) is 4. The number of hydrogen-bond acceptors (Lipinski definition) is 7. The number of nitrogens with two attached hydrogens (primary N) is 1. The van der Waals surface area contributed by atoms with Crippen LogP contribution < -0.4 is 15.4 Å². The number of sulfonamides is 1. The lowest BCUT2D eigenvalue weighted by molar-refractivity contribution is 0.144. The molecule has 0 aliphatic heterocycles. The first-order valence-corrected chi connectivity index (χ1v) is 10.4. The van der Waals surface area contributed by atoms with Gasteiger partial charge in [-0.3, -0.25) is 4.79 Å². The van der Waals surface area contributed by atoms with Crippen molar-refractivity contribution in [2.24, 2.45) is 15.4 Å². The first-order valence-electron chi connectivity index (χ1n) is 8.83. The molecular formula is C19H18N6O5S. The normalized spacial score (nSPS) is 11.5. The number of para-hydroxylation sites is 1. The van der Waals surface area contributed by atoms with E-state index in [9.17, 15) is 13.2 Å². The van der Waals surface area contributed by atoms with E-state index in [1.807, 2.05) is 0 Å². The van der Waals surface area contributed by atoms with Gasteiger partial charge in [0.2, 0.25) is 10.0 Å². The van der Waals surface area contributed by atoms with Crippen molar-refractivity contribution in [3.63, 3.8) is 0 Å². The van der Waals surface area contributed by atoms with Crippen LogP contribution in [0.25, 0.3) is 10.5 Å². The number of ether oxygens (including phenoxy) is 2. The zero-order valence-electron chi connectivity index (χ0n) is 16.3. The number of nitrogens with one attached hydrogen (secondary N) is 1. The molecule has 0 unspecified atom stereocenters. The van der Waals surface area contributed by atoms with E-state index < -0.39 is 15.6 Å². The highest BCUT2D eigenvalue weighted by molar-refractivity contribution is 7.89. The molecule has 1 aromatic heterocycles. The molecule has 0 spiro atoms. The van der Waals surface area contributed by atoms with Gasteiger partial charge in [-0.05, 0) is 30.3 Å². The van der Waals surface area contributed by atoms with E-state index in [2.05, 4.69) is 20.2 Å². The van der Waals surface area contributed by atoms with Crippen LogP contribution in [0.3, 0.4) is 0 Å². The molecule has 0 bridgehead atoms. The Morgan fingerprint density at radius 1 is 1.16 bits per heavy atom. The van der Waals surface area contributed by atoms with Crippen LogP contribution in [0.2, 0.25) is 0 Å². The van der Waals surface area contributed by atoms with Gasteiger partial charge in [-0.25, -0.2) is 18.7 Å². The predicted octanol–water partition coefficient (Wildman–Crippen LogP) is 2.80. The van der Waals surface area contributed by atoms with Crippen molar-refractivity contribution in [3.8, 4) is 11.4 Å². The van der Waals surface area contributed by atoms with Crippen molar-refractivity contribution in [1.29, 1.82) is 0 Å². The van der Waals surface area contributed by atoms with Gasteiger partial charge in [-0.2, -0.15) is 14.9 Å². The number of methoxy groups -OCH3 is 1. The van der Waals surface area contributed by atoms with E-state index in [1.54, 1.807) is 30.3 Å². The quantitative estimate of drug-likeness (QED) is 0.313. The molecule has 3 aromatic rings. The average Bonchev–Trinajstić information content (AvgIpc) is 3.08. The summed E-state index contributed by atoms with van der Waals surface area (Å²) in [6.07, 6.45) is 0. The number of azo groups is 1. The van der Waals surface area contributed by atoms with Crippen molar-refractivity contribution in [3.05, 3.63) is 70.3 Å². The summed E-state index contributed by atoms with van der Waals surface area (Å²) in [4.78, 5) is 15.7. The van der Waals surface area contributed by atoms with Crippen LogP contribution >= 0.6 is 0 Å². The van der Waals surface area contributed by atoms with Crippen LogP contribution in [0.15, 0.2) is 68.4 Å². The highest BCUT2D eigenvalue weighted by Gasteiger charge is 2.18. The maximum absolute atomic E-state index is 12.7. The van der Waals surface area contributed by atoms with Crippen LogP contribution in [0.5, 0.6) is 5.75 Å². The zero-order chi connectivity index (χ0) is 22.4. The van der Waals surface area contributed by atoms with Gasteiger partial charge >= 0.3 is 5.56 Å². The van der Waals surface area contributed by atoms with Crippen LogP contribution in [0.1, 0.15) is 0 Å². The van der Waals surface area contributed by atoms with Gasteiger partial charge in [-0.1, -0.05) is 24.8 Å². The summed E-state index contributed by atoms with van der Waals surface area (Å²) in [7, 11) is -2.63. The summed E-state index contributed by atoms with van der Waals surface area (Å²) in [5, 5.41) is 15.7. The molecule has 0 amide bonds. The first-order chi connectivity index (χ1) is 14.8. The Labute approximate surface area is 177 Å². The molecule has 0 saturated heterocycles. The number of rotatable bonds is 8. The van der Waals surface area contributed by atoms with Crippen molar-refractivity contribution in [2.75, 3.05) is 20.3 Å². The van der Waals surface area contributed by atoms with Crippen molar-refractivity contribution >= 4 is 27.2 Å². The van der Waals surface area contributed by atoms with E-state index in [-0.39, 0.29) is 41.1 Å². The molecule has 0 saturated carbocycles. The number of H-pyrrole nitrogens is 1. The number of aromatic nitrogens is 2. The van der Waals surface area contributed by atoms with Crippen LogP contribution in [-0.4, -0.2) is 38.5 Å². The Kier molecular flexibility index (Phi) is 6.61. The lowest BCUT2D eigenvalue weighted by Crippen LogP contribution is -2.15. The topological polar surface area (TPSA) is 145 Å². The fraction of sp³-hybridized carbons (Fsp3) is 0.158. The summed E-state index contributed by atoms with van der Waals surface area (Å²) >= 11 is 0. The standard InChI is InChI=1S/C19H18N6O5S/c1-21-18-17(19(26)25(24-18)14-6-4-3-5-7-14)23-22-13-8-9-15(30-11-10-29-2)16(12-13)31(20,27)28/h3-9,12,24H,10-11H2,2H3,(H2,20,27,28). The van der Waals surface area contributed by atoms with Gasteiger partial charge in [0.05, 0.1) is 18.0 Å². The van der Waals surface area contributed by atoms with Crippen molar-refractivity contribution in [2.45, 2.75) is 4.90 Å². The second kappa shape index (κ2) is 9.35. The van der Waals surface area contributed by atoms with Gasteiger partial charge in [-0.15, -0.1) is 0 Å². The monoisotopic (exact) mass is 442 g/mol. The van der Waals surface area contributed by atoms with E-state index in [1.165, 1.54) is 30.0 Å². The number of benzene rings is 2. The molecule has 2 aromatic carbocycles. The zero-order valence-corrected chi connectivity index (χ0v) is 17.2. The lowest BCUT2D eigenvalue weighted by Gasteiger charge is -2.10. The third-order valence-corrected chi connectivity index (χ3v) is 4.95. The third-order valence-electron chi connectivity index (χ3n) is 4.02. The van der Waals surface area contributed by atoms with E-state index in [0.717, 1.165) is 0 Å². The SMILES string of the molecule is [C-]#[N+]c1[nH]n(-c2ccccc2)c(=O)c1N=Nc1ccc(OCCOC)c(S(N)(=O)=O)c1. The summed E-state index contributed by atoms with van der Waals surface area (Å²) in [5.74, 6) is -0.0720. The average molecular weight is 442 g/mol. The van der Waals surface area contributed by atoms with E-state index in [4.69, 9.17) is 21.2 Å². The summed E-state index contributed by atoms with van der Waals surface area (Å²) < 4.78 is 35.3. The highest BCUT2D eigenvalue weighted by atomic mass is 32.2. The predicted molar refractivity (Wildman–Crippen MR) is 112 cm³/mol. The molecule has 12 heteroatoms. The van der Waals surface area contributed by atoms with Crippen molar-refractivity contribution < 1.29 is 17.9 Å². The first kappa shape index (κ1) is 21.9. The molecule has 31 heavy (non-hydrogen) atoms. The Balaban J connectivity index is 1.98. The second-order valence-electron chi connectivity index (χ2n) is 6.11. The van der Waals surface area contributed by atoms with Gasteiger partial charge in [0, 0.05) is 7.11 Å². The Morgan fingerprint density at radius 3 is 2.55 bits per heavy atom. The molecule has 0 radical (unpaired) electrons. The van der Waals surface area contributed by atoms with Crippen molar-refractivity contribution in [1.82, 2.24) is 9.78 Å². The van der Waals surface area contributed by atoms with Gasteiger partial charge in [0.15, 0.2) is 5.69 Å². The molecule has 1 heterocycles. The van der Waals surface area contributed by atoms with Crippen LogP contribution in [-0.2, 0) is 14.8 Å². The molecule has 3 rings (SSSR count). The molecule has 0 aliphatic carbocycles. The largest absolute Gasteiger partial charge is 0.490 e. The highest BCUT2D eigenvalue weighted by Crippen LogP contribution is 2.30. The minimum atomic E-state index is -4.12. The molecule has 0 aliphatic rings. The number of aromatic amines is 1. The maximum Gasteiger partial charge on any atom is 0.303 e. The molecule has 160 valence electrons. The Morgan fingerprint density at radius 2 is 1.90 bits per heavy atom. The minimum absolute atomic E-state index is 0.0356. The Bertz CT molecular complexity index is 1310. The molecule has 3 N–H and O–H groups in total. The summed E-state index contributed by atoms with van der Waals surface area (Å²) in [5.41, 5.74) is -0.164. The van der Waals surface area contributed by atoms with Gasteiger partial charge in [0.1, 0.15) is 17.3 Å². The Hall–Kier alpha value is -3.79. The fourth-order valence-electron chi connectivity index (χ4n) is 2.59. The second-order valence-corrected chi connectivity index (χ2v) is 7.64. The van der Waals surface area contributed by atoms with Gasteiger partial charge < -0.3 is 14.3 Å². The van der Waals surface area contributed by atoms with E-state index >= 15 is 0 Å². The molecular weight excluding hydrogens is 424 g/mol. The van der Waals surface area contributed by atoms with Crippen LogP contribution in [0.4, 0.5) is 17.2 Å². The number of hydrogen-bond donors (Lipinski definition) is 2. The van der Waals surface area contributed by atoms with E-state index in [0.29, 0.717) is 5.69 Å². The molecule has 0 fully saturated rings. The van der Waals surface area contributed by atoms with Crippen LogP contribution in [0, 0.1) is 6.57 Å². The maximum atomic E-state index is 12.7. The van der Waals surface area contributed by atoms with Gasteiger partial charge in [0.25, 0.3) is 5.82 Å². The number of primary sulfonamides is 1. The third kappa shape index (κ3) is 5.04. The smallest absolute Gasteiger partial charge is 0.303 e. The molecule has 11 nitrogen and oxygen atoms in total. The summed E-state index contributed by atoms with van der Waals surface area (Å²) in [6, 6.07) is 12.6. The molecule has 0 atom stereocenters. The summed E-state index contributed by atoms with van der Waals surface area (Å²) in [6.45, 7) is 7.66. The lowest BCUT2D eigenvalue weighted by atomic mass is 10.3.